The Balaban J connectivity index is 2.64. The minimum Gasteiger partial charge on any atom is -0.478 e. The van der Waals surface area contributed by atoms with E-state index >= 15 is 0 Å². The van der Waals surface area contributed by atoms with Gasteiger partial charge in [-0.3, -0.25) is 0 Å². The Morgan fingerprint density at radius 3 is 2.75 bits per heavy atom. The lowest BCUT2D eigenvalue weighted by molar-refractivity contribution is 0.0692. The molecule has 88 valence electrons. The minimum absolute atomic E-state index is 0.269. The maximum Gasteiger partial charge on any atom is 0.338 e. The van der Waals surface area contributed by atoms with Crippen molar-refractivity contribution >= 4 is 17.7 Å². The van der Waals surface area contributed by atoms with E-state index in [2.05, 4.69) is 25.8 Å². The zero-order valence-corrected chi connectivity index (χ0v) is 10.7. The smallest absolute Gasteiger partial charge is 0.338 e. The van der Waals surface area contributed by atoms with Gasteiger partial charge in [0.2, 0.25) is 0 Å². The highest BCUT2D eigenvalue weighted by Gasteiger charge is 2.13. The molecular formula is C12H17NO2S. The summed E-state index contributed by atoms with van der Waals surface area (Å²) in [5.74, 6) is -0.0211. The molecule has 0 saturated heterocycles. The second-order valence-corrected chi connectivity index (χ2v) is 5.90. The van der Waals surface area contributed by atoms with Crippen molar-refractivity contribution in [2.45, 2.75) is 32.2 Å². The van der Waals surface area contributed by atoms with E-state index in [1.165, 1.54) is 11.8 Å². The summed E-state index contributed by atoms with van der Waals surface area (Å²) in [5, 5.41) is 9.58. The normalized spacial score (nSPS) is 11.4. The highest BCUT2D eigenvalue weighted by Crippen LogP contribution is 2.26. The van der Waals surface area contributed by atoms with E-state index in [9.17, 15) is 4.79 Å². The second-order valence-electron chi connectivity index (χ2n) is 4.82. The van der Waals surface area contributed by atoms with Crippen molar-refractivity contribution < 1.29 is 9.90 Å². The van der Waals surface area contributed by atoms with Crippen LogP contribution in [0.2, 0.25) is 0 Å². The van der Waals surface area contributed by atoms with Crippen LogP contribution in [0.5, 0.6) is 0 Å². The van der Waals surface area contributed by atoms with E-state index < -0.39 is 5.97 Å². The molecule has 3 nitrogen and oxygen atoms in total. The standard InChI is InChI=1S/C12H17NO2S/c1-12(2,3)6-8-16-10-9(11(14)15)5-4-7-13-10/h4-5,7H,6,8H2,1-3H3,(H,14,15). The van der Waals surface area contributed by atoms with Gasteiger partial charge in [0, 0.05) is 11.9 Å². The summed E-state index contributed by atoms with van der Waals surface area (Å²) in [7, 11) is 0. The summed E-state index contributed by atoms with van der Waals surface area (Å²) in [5.41, 5.74) is 0.562. The Hall–Kier alpha value is -1.03. The number of carbonyl (C=O) groups is 1. The number of aromatic nitrogens is 1. The molecule has 0 spiro atoms. The molecular weight excluding hydrogens is 222 g/mol. The summed E-state index contributed by atoms with van der Waals surface area (Å²) < 4.78 is 0. The van der Waals surface area contributed by atoms with Gasteiger partial charge in [0.25, 0.3) is 0 Å². The van der Waals surface area contributed by atoms with Crippen molar-refractivity contribution in [3.05, 3.63) is 23.9 Å². The van der Waals surface area contributed by atoms with Crippen LogP contribution in [0.4, 0.5) is 0 Å². The Kier molecular flexibility index (Phi) is 4.35. The number of rotatable bonds is 4. The summed E-state index contributed by atoms with van der Waals surface area (Å²) in [6.45, 7) is 6.51. The van der Waals surface area contributed by atoms with Crippen LogP contribution in [-0.4, -0.2) is 21.8 Å². The molecule has 0 aliphatic rings. The lowest BCUT2D eigenvalue weighted by atomic mass is 9.94. The highest BCUT2D eigenvalue weighted by molar-refractivity contribution is 7.99. The molecule has 1 aromatic rings. The molecule has 0 amide bonds. The van der Waals surface area contributed by atoms with Crippen LogP contribution in [0.15, 0.2) is 23.4 Å². The van der Waals surface area contributed by atoms with Gasteiger partial charge in [0.1, 0.15) is 5.03 Å². The molecule has 0 aromatic carbocycles. The number of nitrogens with zero attached hydrogens (tertiary/aromatic N) is 1. The van der Waals surface area contributed by atoms with Crippen molar-refractivity contribution in [3.8, 4) is 0 Å². The molecule has 4 heteroatoms. The van der Waals surface area contributed by atoms with Gasteiger partial charge >= 0.3 is 5.97 Å². The fourth-order valence-electron chi connectivity index (χ4n) is 1.12. The molecule has 0 radical (unpaired) electrons. The quantitative estimate of drug-likeness (QED) is 0.819. The largest absolute Gasteiger partial charge is 0.478 e. The molecule has 16 heavy (non-hydrogen) atoms. The monoisotopic (exact) mass is 239 g/mol. The average molecular weight is 239 g/mol. The topological polar surface area (TPSA) is 50.2 Å². The highest BCUT2D eigenvalue weighted by atomic mass is 32.2. The second kappa shape index (κ2) is 5.34. The van der Waals surface area contributed by atoms with Crippen LogP contribution in [0, 0.1) is 5.41 Å². The average Bonchev–Trinajstić information content (AvgIpc) is 2.16. The Morgan fingerprint density at radius 1 is 1.50 bits per heavy atom. The third-order valence-corrected chi connectivity index (χ3v) is 3.10. The number of aromatic carboxylic acids is 1. The Bertz CT molecular complexity index is 372. The third kappa shape index (κ3) is 4.23. The van der Waals surface area contributed by atoms with E-state index in [4.69, 9.17) is 5.11 Å². The molecule has 0 fully saturated rings. The Labute approximate surface area is 100 Å². The van der Waals surface area contributed by atoms with Crippen molar-refractivity contribution in [2.75, 3.05) is 5.75 Å². The molecule has 0 atom stereocenters. The van der Waals surface area contributed by atoms with Gasteiger partial charge in [-0.25, -0.2) is 9.78 Å². The fraction of sp³-hybridized carbons (Fsp3) is 0.500. The van der Waals surface area contributed by atoms with E-state index in [1.54, 1.807) is 18.3 Å². The first-order valence-corrected chi connectivity index (χ1v) is 6.20. The van der Waals surface area contributed by atoms with Crippen LogP contribution in [0.1, 0.15) is 37.6 Å². The molecule has 0 unspecified atom stereocenters. The Morgan fingerprint density at radius 2 is 2.19 bits per heavy atom. The SMILES string of the molecule is CC(C)(C)CCSc1ncccc1C(=O)O. The van der Waals surface area contributed by atoms with E-state index in [0.717, 1.165) is 12.2 Å². The number of carboxylic acid groups (broad SMARTS) is 1. The fourth-order valence-corrected chi connectivity index (χ4v) is 2.48. The van der Waals surface area contributed by atoms with Crippen molar-refractivity contribution in [2.24, 2.45) is 5.41 Å². The first-order chi connectivity index (χ1) is 7.40. The molecule has 0 saturated carbocycles. The molecule has 1 heterocycles. The molecule has 1 rings (SSSR count). The number of carboxylic acids is 1. The van der Waals surface area contributed by atoms with Crippen LogP contribution in [0.25, 0.3) is 0 Å². The van der Waals surface area contributed by atoms with Crippen molar-refractivity contribution in [1.82, 2.24) is 4.98 Å². The van der Waals surface area contributed by atoms with Gasteiger partial charge in [-0.2, -0.15) is 0 Å². The van der Waals surface area contributed by atoms with Crippen LogP contribution >= 0.6 is 11.8 Å². The van der Waals surface area contributed by atoms with Gasteiger partial charge < -0.3 is 5.11 Å². The maximum atomic E-state index is 10.9. The molecule has 0 aliphatic heterocycles. The first-order valence-electron chi connectivity index (χ1n) is 5.21. The van der Waals surface area contributed by atoms with Crippen LogP contribution in [-0.2, 0) is 0 Å². The van der Waals surface area contributed by atoms with Crippen LogP contribution in [0.3, 0.4) is 0 Å². The van der Waals surface area contributed by atoms with Gasteiger partial charge in [0.05, 0.1) is 5.56 Å². The number of hydrogen-bond acceptors (Lipinski definition) is 3. The first kappa shape index (κ1) is 13.0. The molecule has 1 N–H and O–H groups in total. The van der Waals surface area contributed by atoms with Crippen molar-refractivity contribution in [3.63, 3.8) is 0 Å². The summed E-state index contributed by atoms with van der Waals surface area (Å²) in [4.78, 5) is 15.0. The number of pyridine rings is 1. The van der Waals surface area contributed by atoms with E-state index in [-0.39, 0.29) is 5.41 Å². The zero-order valence-electron chi connectivity index (χ0n) is 9.86. The van der Waals surface area contributed by atoms with Gasteiger partial charge in [0.15, 0.2) is 0 Å². The van der Waals surface area contributed by atoms with Crippen molar-refractivity contribution in [1.29, 1.82) is 0 Å². The summed E-state index contributed by atoms with van der Waals surface area (Å²) in [6.07, 6.45) is 2.67. The third-order valence-electron chi connectivity index (χ3n) is 2.09. The molecule has 0 aliphatic carbocycles. The number of hydrogen-bond donors (Lipinski definition) is 1. The van der Waals surface area contributed by atoms with Gasteiger partial charge in [-0.05, 0) is 24.0 Å². The lowest BCUT2D eigenvalue weighted by Crippen LogP contribution is -2.07. The molecule has 0 bridgehead atoms. The van der Waals surface area contributed by atoms with Crippen LogP contribution < -0.4 is 0 Å². The van der Waals surface area contributed by atoms with E-state index in [1.807, 2.05) is 0 Å². The summed E-state index contributed by atoms with van der Waals surface area (Å²) in [6, 6.07) is 3.24. The summed E-state index contributed by atoms with van der Waals surface area (Å²) >= 11 is 1.51. The maximum absolute atomic E-state index is 10.9. The minimum atomic E-state index is -0.911. The predicted molar refractivity (Wildman–Crippen MR) is 66.0 cm³/mol. The van der Waals surface area contributed by atoms with Gasteiger partial charge in [-0.15, -0.1) is 11.8 Å². The molecule has 1 aromatic heterocycles. The zero-order chi connectivity index (χ0) is 12.2. The van der Waals surface area contributed by atoms with Gasteiger partial charge in [-0.1, -0.05) is 20.8 Å². The predicted octanol–water partition coefficient (Wildman–Crippen LogP) is 3.31. The van der Waals surface area contributed by atoms with E-state index in [0.29, 0.717) is 10.6 Å². The lowest BCUT2D eigenvalue weighted by Gasteiger charge is -2.17. The number of thioether (sulfide) groups is 1.